The van der Waals surface area contributed by atoms with Crippen LogP contribution in [0.2, 0.25) is 0 Å². The van der Waals surface area contributed by atoms with E-state index in [0.717, 1.165) is 43.7 Å². The smallest absolute Gasteiger partial charge is 0.224 e. The first-order valence-electron chi connectivity index (χ1n) is 8.25. The number of amides is 1. The van der Waals surface area contributed by atoms with E-state index in [1.165, 1.54) is 38.5 Å². The van der Waals surface area contributed by atoms with Crippen molar-refractivity contribution in [1.82, 2.24) is 10.6 Å². The van der Waals surface area contributed by atoms with Gasteiger partial charge in [0.05, 0.1) is 5.92 Å². The Labute approximate surface area is 128 Å². The highest BCUT2D eigenvalue weighted by Gasteiger charge is 2.51. The molecule has 5 aliphatic rings. The van der Waals surface area contributed by atoms with Crippen LogP contribution in [0.3, 0.4) is 0 Å². The van der Waals surface area contributed by atoms with Gasteiger partial charge in [-0.05, 0) is 75.7 Å². The summed E-state index contributed by atoms with van der Waals surface area (Å²) in [4.78, 5) is 12.5. The molecule has 5 rings (SSSR count). The van der Waals surface area contributed by atoms with E-state index >= 15 is 0 Å². The van der Waals surface area contributed by atoms with Crippen molar-refractivity contribution in [2.75, 3.05) is 13.1 Å². The molecule has 3 nitrogen and oxygen atoms in total. The van der Waals surface area contributed by atoms with Crippen LogP contribution in [0.15, 0.2) is 0 Å². The van der Waals surface area contributed by atoms with Crippen LogP contribution in [0.1, 0.15) is 51.4 Å². The maximum atomic E-state index is 12.5. The van der Waals surface area contributed by atoms with Crippen molar-refractivity contribution in [3.63, 3.8) is 0 Å². The minimum atomic E-state index is 0. The maximum Gasteiger partial charge on any atom is 0.224 e. The molecule has 4 saturated carbocycles. The zero-order valence-electron chi connectivity index (χ0n) is 12.2. The molecule has 0 aromatic carbocycles. The number of carbonyl (C=O) groups excluding carboxylic acids is 1. The second-order valence-corrected chi connectivity index (χ2v) is 7.73. The lowest BCUT2D eigenvalue weighted by atomic mass is 9.53. The summed E-state index contributed by atoms with van der Waals surface area (Å²) in [7, 11) is 0. The van der Waals surface area contributed by atoms with Crippen LogP contribution in [0, 0.1) is 23.7 Å². The molecule has 0 unspecified atom stereocenters. The molecule has 1 atom stereocenters. The summed E-state index contributed by atoms with van der Waals surface area (Å²) in [6.07, 6.45) is 10.4. The standard InChI is InChI=1S/C16H26N2O.ClH/c19-15(14-2-1-3-17-10-14)18-16-7-11-4-12(8-16)6-13(5-11)9-16;/h11-14,17H,1-10H2,(H,18,19);1H/t11?,12?,13?,14-,16?;/m1./s1. The van der Waals surface area contributed by atoms with Gasteiger partial charge in [-0.1, -0.05) is 0 Å². The second kappa shape index (κ2) is 5.49. The Balaban J connectivity index is 0.00000121. The molecule has 0 aromatic heterocycles. The van der Waals surface area contributed by atoms with Crippen molar-refractivity contribution in [3.8, 4) is 0 Å². The van der Waals surface area contributed by atoms with Gasteiger partial charge in [-0.2, -0.15) is 0 Å². The first kappa shape index (κ1) is 14.6. The first-order valence-corrected chi connectivity index (χ1v) is 8.25. The van der Waals surface area contributed by atoms with Gasteiger partial charge in [0.2, 0.25) is 5.91 Å². The van der Waals surface area contributed by atoms with Crippen LogP contribution in [-0.2, 0) is 4.79 Å². The molecule has 0 spiro atoms. The number of rotatable bonds is 2. The van der Waals surface area contributed by atoms with E-state index in [1.807, 2.05) is 0 Å². The fraction of sp³-hybridized carbons (Fsp3) is 0.938. The number of halogens is 1. The highest BCUT2D eigenvalue weighted by Crippen LogP contribution is 2.55. The largest absolute Gasteiger partial charge is 0.350 e. The zero-order chi connectivity index (χ0) is 12.9. The molecule has 2 N–H and O–H groups in total. The molecule has 1 heterocycles. The van der Waals surface area contributed by atoms with Crippen LogP contribution in [0.25, 0.3) is 0 Å². The fourth-order valence-corrected chi connectivity index (χ4v) is 5.70. The van der Waals surface area contributed by atoms with Crippen molar-refractivity contribution < 1.29 is 4.79 Å². The molecule has 1 amide bonds. The van der Waals surface area contributed by atoms with E-state index < -0.39 is 0 Å². The van der Waals surface area contributed by atoms with E-state index in [0.29, 0.717) is 5.91 Å². The fourth-order valence-electron chi connectivity index (χ4n) is 5.70. The lowest BCUT2D eigenvalue weighted by molar-refractivity contribution is -0.131. The molecule has 4 bridgehead atoms. The van der Waals surface area contributed by atoms with Gasteiger partial charge in [0.25, 0.3) is 0 Å². The predicted molar refractivity (Wildman–Crippen MR) is 81.9 cm³/mol. The first-order chi connectivity index (χ1) is 9.22. The third kappa shape index (κ3) is 2.59. The molecule has 1 saturated heterocycles. The molecule has 20 heavy (non-hydrogen) atoms. The Morgan fingerprint density at radius 1 is 1.05 bits per heavy atom. The van der Waals surface area contributed by atoms with E-state index in [-0.39, 0.29) is 23.9 Å². The van der Waals surface area contributed by atoms with Gasteiger partial charge in [-0.3, -0.25) is 4.79 Å². The Morgan fingerprint density at radius 3 is 2.15 bits per heavy atom. The van der Waals surface area contributed by atoms with E-state index in [4.69, 9.17) is 0 Å². The van der Waals surface area contributed by atoms with Crippen molar-refractivity contribution in [2.45, 2.75) is 56.9 Å². The van der Waals surface area contributed by atoms with E-state index in [9.17, 15) is 4.79 Å². The summed E-state index contributed by atoms with van der Waals surface area (Å²) < 4.78 is 0. The van der Waals surface area contributed by atoms with Crippen LogP contribution >= 0.6 is 12.4 Å². The average Bonchev–Trinajstić information content (AvgIpc) is 2.37. The average molecular weight is 299 g/mol. The Kier molecular flexibility index (Phi) is 4.02. The maximum absolute atomic E-state index is 12.5. The van der Waals surface area contributed by atoms with Crippen molar-refractivity contribution in [1.29, 1.82) is 0 Å². The molecule has 1 aliphatic heterocycles. The minimum absolute atomic E-state index is 0. The van der Waals surface area contributed by atoms with Crippen molar-refractivity contribution >= 4 is 18.3 Å². The normalized spacial score (nSPS) is 45.8. The number of nitrogens with one attached hydrogen (secondary N) is 2. The Morgan fingerprint density at radius 2 is 1.65 bits per heavy atom. The summed E-state index contributed by atoms with van der Waals surface area (Å²) in [5, 5.41) is 6.88. The Hall–Kier alpha value is -0.280. The molecule has 4 heteroatoms. The number of hydrogen-bond donors (Lipinski definition) is 2. The third-order valence-corrected chi connectivity index (χ3v) is 6.09. The Bertz CT molecular complexity index is 343. The number of hydrogen-bond acceptors (Lipinski definition) is 2. The summed E-state index contributed by atoms with van der Waals surface area (Å²) in [5.41, 5.74) is 0.198. The topological polar surface area (TPSA) is 41.1 Å². The van der Waals surface area contributed by atoms with Gasteiger partial charge in [0.1, 0.15) is 0 Å². The van der Waals surface area contributed by atoms with Gasteiger partial charge in [0.15, 0.2) is 0 Å². The SMILES string of the molecule is Cl.O=C(NC12CC3CC(CC(C3)C1)C2)[C@@H]1CCCNC1. The van der Waals surface area contributed by atoms with Crippen LogP contribution in [-0.4, -0.2) is 24.5 Å². The van der Waals surface area contributed by atoms with Gasteiger partial charge in [-0.25, -0.2) is 0 Å². The van der Waals surface area contributed by atoms with E-state index in [1.54, 1.807) is 0 Å². The highest BCUT2D eigenvalue weighted by atomic mass is 35.5. The quantitative estimate of drug-likeness (QED) is 0.822. The predicted octanol–water partition coefficient (Wildman–Crippen LogP) is 2.49. The lowest BCUT2D eigenvalue weighted by Crippen LogP contribution is -2.61. The van der Waals surface area contributed by atoms with Gasteiger partial charge in [-0.15, -0.1) is 12.4 Å². The van der Waals surface area contributed by atoms with Crippen molar-refractivity contribution in [3.05, 3.63) is 0 Å². The molecule has 0 aromatic rings. The third-order valence-electron chi connectivity index (χ3n) is 6.09. The lowest BCUT2D eigenvalue weighted by Gasteiger charge is -2.57. The molecular formula is C16H27ClN2O. The zero-order valence-corrected chi connectivity index (χ0v) is 13.0. The molecular weight excluding hydrogens is 272 g/mol. The van der Waals surface area contributed by atoms with Gasteiger partial charge in [0, 0.05) is 12.1 Å². The van der Waals surface area contributed by atoms with Gasteiger partial charge >= 0.3 is 0 Å². The summed E-state index contributed by atoms with van der Waals surface area (Å²) >= 11 is 0. The van der Waals surface area contributed by atoms with Crippen molar-refractivity contribution in [2.24, 2.45) is 23.7 Å². The monoisotopic (exact) mass is 298 g/mol. The molecule has 5 fully saturated rings. The minimum Gasteiger partial charge on any atom is -0.350 e. The highest BCUT2D eigenvalue weighted by molar-refractivity contribution is 5.85. The van der Waals surface area contributed by atoms with Crippen LogP contribution in [0.5, 0.6) is 0 Å². The summed E-state index contributed by atoms with van der Waals surface area (Å²) in [6.45, 7) is 1.97. The van der Waals surface area contributed by atoms with Crippen LogP contribution in [0.4, 0.5) is 0 Å². The number of carbonyl (C=O) groups is 1. The second-order valence-electron chi connectivity index (χ2n) is 7.73. The van der Waals surface area contributed by atoms with Crippen LogP contribution < -0.4 is 10.6 Å². The molecule has 4 aliphatic carbocycles. The molecule has 114 valence electrons. The van der Waals surface area contributed by atoms with E-state index in [2.05, 4.69) is 10.6 Å². The molecule has 0 radical (unpaired) electrons. The summed E-state index contributed by atoms with van der Waals surface area (Å²) in [6, 6.07) is 0. The summed E-state index contributed by atoms with van der Waals surface area (Å²) in [5.74, 6) is 3.30. The number of piperidine rings is 1. The van der Waals surface area contributed by atoms with Gasteiger partial charge < -0.3 is 10.6 Å².